The molecule has 1 aromatic carbocycles. The molecule has 6 nitrogen and oxygen atoms in total. The summed E-state index contributed by atoms with van der Waals surface area (Å²) in [4.78, 5) is 15.0. The quantitative estimate of drug-likeness (QED) is 0.756. The summed E-state index contributed by atoms with van der Waals surface area (Å²) in [6.07, 6.45) is 1.92. The molecule has 0 saturated carbocycles. The van der Waals surface area contributed by atoms with Crippen molar-refractivity contribution in [3.05, 3.63) is 46.9 Å². The monoisotopic (exact) mass is 367 g/mol. The van der Waals surface area contributed by atoms with E-state index < -0.39 is 0 Å². The highest BCUT2D eigenvalue weighted by atomic mass is 32.1. The molecule has 4 heterocycles. The van der Waals surface area contributed by atoms with Crippen LogP contribution in [0.5, 0.6) is 0 Å². The average molecular weight is 367 g/mol. The predicted octanol–water partition coefficient (Wildman–Crippen LogP) is 2.62. The van der Waals surface area contributed by atoms with E-state index in [2.05, 4.69) is 26.1 Å². The minimum Gasteiger partial charge on any atom is -0.339 e. The summed E-state index contributed by atoms with van der Waals surface area (Å²) in [5.74, 6) is 2.70. The van der Waals surface area contributed by atoms with Crippen LogP contribution in [0.1, 0.15) is 40.8 Å². The largest absolute Gasteiger partial charge is 0.339 e. The summed E-state index contributed by atoms with van der Waals surface area (Å²) in [7, 11) is 0. The Morgan fingerprint density at radius 2 is 2.00 bits per heavy atom. The van der Waals surface area contributed by atoms with Gasteiger partial charge in [0, 0.05) is 47.6 Å². The molecule has 0 spiro atoms. The number of likely N-dealkylation sites (tertiary alicyclic amines) is 1. The fraction of sp³-hybridized carbons (Fsp3) is 0.421. The fourth-order valence-electron chi connectivity index (χ4n) is 4.07. The van der Waals surface area contributed by atoms with Crippen LogP contribution in [0, 0.1) is 0 Å². The summed E-state index contributed by atoms with van der Waals surface area (Å²) in [6, 6.07) is 8.14. The van der Waals surface area contributed by atoms with Gasteiger partial charge in [0.2, 0.25) is 0 Å². The van der Waals surface area contributed by atoms with E-state index in [1.807, 2.05) is 28.5 Å². The summed E-state index contributed by atoms with van der Waals surface area (Å²) < 4.78 is 3.44. The Morgan fingerprint density at radius 3 is 2.88 bits per heavy atom. The van der Waals surface area contributed by atoms with Crippen LogP contribution in [0.2, 0.25) is 0 Å². The van der Waals surface area contributed by atoms with Gasteiger partial charge >= 0.3 is 0 Å². The normalized spacial score (nSPS) is 18.2. The first-order valence-electron chi connectivity index (χ1n) is 9.19. The van der Waals surface area contributed by atoms with Crippen molar-refractivity contribution in [1.82, 2.24) is 25.0 Å². The summed E-state index contributed by atoms with van der Waals surface area (Å²) in [5, 5.41) is 15.2. The first kappa shape index (κ1) is 16.0. The summed E-state index contributed by atoms with van der Waals surface area (Å²) >= 11 is 1.65. The standard InChI is InChI=1S/C19H21N5OS/c25-19(15-12-26-16-4-2-1-3-14(15)16)23-8-5-13(6-9-23)18-22-21-17-11-20-7-10-24(17)18/h1-4,12-13,20H,5-11H2. The zero-order valence-electron chi connectivity index (χ0n) is 14.5. The number of fused-ring (bicyclic) bond motifs is 2. The molecule has 0 aliphatic carbocycles. The summed E-state index contributed by atoms with van der Waals surface area (Å²) in [6.45, 7) is 4.29. The van der Waals surface area contributed by atoms with Crippen molar-refractivity contribution in [2.24, 2.45) is 0 Å². The molecule has 0 atom stereocenters. The fourth-order valence-corrected chi connectivity index (χ4v) is 5.01. The molecule has 7 heteroatoms. The van der Waals surface area contributed by atoms with Crippen molar-refractivity contribution in [3.63, 3.8) is 0 Å². The maximum atomic E-state index is 13.0. The van der Waals surface area contributed by atoms with Crippen LogP contribution in [0.4, 0.5) is 0 Å². The lowest BCUT2D eigenvalue weighted by atomic mass is 9.95. The van der Waals surface area contributed by atoms with E-state index in [1.54, 1.807) is 11.3 Å². The van der Waals surface area contributed by atoms with Crippen LogP contribution in [0.25, 0.3) is 10.1 Å². The van der Waals surface area contributed by atoms with Crippen LogP contribution in [0.15, 0.2) is 29.6 Å². The smallest absolute Gasteiger partial charge is 0.255 e. The molecular weight excluding hydrogens is 346 g/mol. The molecule has 0 bridgehead atoms. The molecule has 1 N–H and O–H groups in total. The molecule has 1 amide bonds. The third-order valence-electron chi connectivity index (χ3n) is 5.51. The number of thiophene rings is 1. The molecule has 1 fully saturated rings. The van der Waals surface area contributed by atoms with Crippen molar-refractivity contribution in [3.8, 4) is 0 Å². The maximum Gasteiger partial charge on any atom is 0.255 e. The number of hydrogen-bond donors (Lipinski definition) is 1. The first-order valence-corrected chi connectivity index (χ1v) is 10.1. The number of rotatable bonds is 2. The van der Waals surface area contributed by atoms with Gasteiger partial charge in [-0.25, -0.2) is 0 Å². The number of carbonyl (C=O) groups is 1. The number of benzene rings is 1. The molecule has 134 valence electrons. The SMILES string of the molecule is O=C(c1csc2ccccc12)N1CCC(c2nnc3n2CCNC3)CC1. The molecule has 1 saturated heterocycles. The van der Waals surface area contributed by atoms with E-state index in [0.717, 1.165) is 68.2 Å². The number of piperidine rings is 1. The molecule has 0 unspecified atom stereocenters. The summed E-state index contributed by atoms with van der Waals surface area (Å²) in [5.41, 5.74) is 0.843. The third-order valence-corrected chi connectivity index (χ3v) is 6.47. The van der Waals surface area contributed by atoms with E-state index in [1.165, 1.54) is 4.70 Å². The molecule has 26 heavy (non-hydrogen) atoms. The van der Waals surface area contributed by atoms with E-state index in [4.69, 9.17) is 0 Å². The van der Waals surface area contributed by atoms with E-state index in [9.17, 15) is 4.79 Å². The number of hydrogen-bond acceptors (Lipinski definition) is 5. The highest BCUT2D eigenvalue weighted by Gasteiger charge is 2.29. The van der Waals surface area contributed by atoms with Gasteiger partial charge in [0.15, 0.2) is 0 Å². The number of nitrogens with zero attached hydrogens (tertiary/aromatic N) is 4. The lowest BCUT2D eigenvalue weighted by molar-refractivity contribution is 0.0712. The van der Waals surface area contributed by atoms with Gasteiger partial charge in [0.1, 0.15) is 11.6 Å². The zero-order valence-corrected chi connectivity index (χ0v) is 15.3. The maximum absolute atomic E-state index is 13.0. The number of aromatic nitrogens is 3. The molecule has 3 aromatic rings. The highest BCUT2D eigenvalue weighted by molar-refractivity contribution is 7.17. The minimum absolute atomic E-state index is 0.161. The Morgan fingerprint density at radius 1 is 1.15 bits per heavy atom. The molecule has 2 aliphatic rings. The van der Waals surface area contributed by atoms with Crippen LogP contribution in [0.3, 0.4) is 0 Å². The minimum atomic E-state index is 0.161. The van der Waals surface area contributed by atoms with Gasteiger partial charge in [-0.15, -0.1) is 21.5 Å². The van der Waals surface area contributed by atoms with Gasteiger partial charge < -0.3 is 14.8 Å². The predicted molar refractivity (Wildman–Crippen MR) is 101 cm³/mol. The van der Waals surface area contributed by atoms with E-state index in [-0.39, 0.29) is 5.91 Å². The second-order valence-corrected chi connectivity index (χ2v) is 7.93. The number of nitrogens with one attached hydrogen (secondary N) is 1. The van der Waals surface area contributed by atoms with Crippen molar-refractivity contribution in [2.75, 3.05) is 19.6 Å². The number of amides is 1. The average Bonchev–Trinajstić information content (AvgIpc) is 3.32. The Hall–Kier alpha value is -2.25. The van der Waals surface area contributed by atoms with E-state index in [0.29, 0.717) is 5.92 Å². The molecule has 2 aromatic heterocycles. The van der Waals surface area contributed by atoms with E-state index >= 15 is 0 Å². The van der Waals surface area contributed by atoms with Gasteiger partial charge in [0.05, 0.1) is 12.1 Å². The highest BCUT2D eigenvalue weighted by Crippen LogP contribution is 2.31. The third kappa shape index (κ3) is 2.62. The van der Waals surface area contributed by atoms with Crippen LogP contribution >= 0.6 is 11.3 Å². The second-order valence-electron chi connectivity index (χ2n) is 7.01. The Bertz CT molecular complexity index is 954. The Kier molecular flexibility index (Phi) is 3.98. The van der Waals surface area contributed by atoms with Gasteiger partial charge in [-0.3, -0.25) is 4.79 Å². The molecule has 2 aliphatic heterocycles. The van der Waals surface area contributed by atoms with Gasteiger partial charge in [-0.1, -0.05) is 18.2 Å². The van der Waals surface area contributed by atoms with Crippen molar-refractivity contribution in [2.45, 2.75) is 31.8 Å². The molecule has 0 radical (unpaired) electrons. The van der Waals surface area contributed by atoms with Crippen LogP contribution < -0.4 is 5.32 Å². The lowest BCUT2D eigenvalue weighted by Gasteiger charge is -2.32. The van der Waals surface area contributed by atoms with Gasteiger partial charge in [-0.2, -0.15) is 0 Å². The second kappa shape index (κ2) is 6.48. The molecule has 5 rings (SSSR count). The van der Waals surface area contributed by atoms with Gasteiger partial charge in [0.25, 0.3) is 5.91 Å². The zero-order chi connectivity index (χ0) is 17.5. The van der Waals surface area contributed by atoms with Crippen molar-refractivity contribution < 1.29 is 4.79 Å². The van der Waals surface area contributed by atoms with Crippen LogP contribution in [-0.2, 0) is 13.1 Å². The molecular formula is C19H21N5OS. The van der Waals surface area contributed by atoms with Crippen molar-refractivity contribution >= 4 is 27.3 Å². The van der Waals surface area contributed by atoms with Crippen LogP contribution in [-0.4, -0.2) is 45.2 Å². The lowest BCUT2D eigenvalue weighted by Crippen LogP contribution is -2.38. The van der Waals surface area contributed by atoms with Gasteiger partial charge in [-0.05, 0) is 18.9 Å². The van der Waals surface area contributed by atoms with Crippen molar-refractivity contribution in [1.29, 1.82) is 0 Å². The topological polar surface area (TPSA) is 63.1 Å². The Labute approximate surface area is 155 Å². The Balaban J connectivity index is 1.31. The number of carbonyl (C=O) groups excluding carboxylic acids is 1. The first-order chi connectivity index (χ1) is 12.8.